The van der Waals surface area contributed by atoms with Gasteiger partial charge in [0, 0.05) is 5.92 Å². The molecule has 0 aromatic heterocycles. The second kappa shape index (κ2) is 12.3. The van der Waals surface area contributed by atoms with E-state index in [0.29, 0.717) is 48.0 Å². The molecule has 2 aromatic rings. The normalized spacial score (nSPS) is 16.9. The van der Waals surface area contributed by atoms with Gasteiger partial charge in [-0.2, -0.15) is 15.1 Å². The van der Waals surface area contributed by atoms with Gasteiger partial charge in [-0.3, -0.25) is 10.2 Å². The summed E-state index contributed by atoms with van der Waals surface area (Å²) in [6.45, 7) is 11.5. The van der Waals surface area contributed by atoms with Crippen molar-refractivity contribution in [1.82, 2.24) is 5.01 Å². The zero-order valence-electron chi connectivity index (χ0n) is 22.5. The van der Waals surface area contributed by atoms with Gasteiger partial charge in [0.05, 0.1) is 12.2 Å². The highest BCUT2D eigenvalue weighted by Gasteiger charge is 2.36. The summed E-state index contributed by atoms with van der Waals surface area (Å²) in [4.78, 5) is 16.9. The number of thioether (sulfide) groups is 1. The van der Waals surface area contributed by atoms with Crippen LogP contribution in [0, 0.1) is 11.3 Å². The zero-order chi connectivity index (χ0) is 27.2. The van der Waals surface area contributed by atoms with Gasteiger partial charge in [-0.15, -0.1) is 0 Å². The second-order valence-corrected chi connectivity index (χ2v) is 10.3. The number of aliphatic imine (C=N–C) groups is 1. The summed E-state index contributed by atoms with van der Waals surface area (Å²) in [7, 11) is 0. The molecular formula is C29H34N4O4S. The van der Waals surface area contributed by atoms with Crippen LogP contribution in [0.15, 0.2) is 58.1 Å². The quantitative estimate of drug-likeness (QED) is 0.267. The highest BCUT2D eigenvalue weighted by Crippen LogP contribution is 2.33. The van der Waals surface area contributed by atoms with Gasteiger partial charge in [-0.1, -0.05) is 45.9 Å². The van der Waals surface area contributed by atoms with Crippen molar-refractivity contribution in [3.8, 4) is 17.2 Å². The van der Waals surface area contributed by atoms with Gasteiger partial charge in [-0.25, -0.2) is 0 Å². The number of nitrogens with one attached hydrogen (secondary N) is 1. The van der Waals surface area contributed by atoms with Gasteiger partial charge in [0.15, 0.2) is 17.3 Å². The minimum absolute atomic E-state index is 0.00997. The highest BCUT2D eigenvalue weighted by molar-refractivity contribution is 8.27. The molecule has 2 aliphatic rings. The van der Waals surface area contributed by atoms with E-state index >= 15 is 0 Å². The standard InChI is InChI=1S/C29H34N4O4S/c1-6-19(5)21-9-11-22(12-10-21)36-14-15-37-24-13-8-20(17-25(24)35-7-2)16-23-26(30)33-29(31-27(23)34)38-28(32-33)18(3)4/h8-13,16-19,30H,6-7,14-15H2,1-5H3/b23-16+,30-26?/t19-/m0/s1. The Morgan fingerprint density at radius 3 is 2.42 bits per heavy atom. The Hall–Kier alpha value is -3.59. The topological polar surface area (TPSA) is 96.6 Å². The van der Waals surface area contributed by atoms with Crippen LogP contribution >= 0.6 is 11.8 Å². The molecule has 2 aromatic carbocycles. The fourth-order valence-electron chi connectivity index (χ4n) is 3.85. The Balaban J connectivity index is 1.42. The summed E-state index contributed by atoms with van der Waals surface area (Å²) in [5.41, 5.74) is 2.18. The second-order valence-electron chi connectivity index (χ2n) is 9.33. The number of fused-ring (bicyclic) bond motifs is 1. The Morgan fingerprint density at radius 1 is 1.00 bits per heavy atom. The Kier molecular flexibility index (Phi) is 8.89. The molecule has 2 heterocycles. The molecule has 2 aliphatic heterocycles. The summed E-state index contributed by atoms with van der Waals surface area (Å²) in [5, 5.41) is 15.7. The summed E-state index contributed by atoms with van der Waals surface area (Å²) in [6.07, 6.45) is 2.74. The van der Waals surface area contributed by atoms with Crippen molar-refractivity contribution in [2.24, 2.45) is 16.0 Å². The van der Waals surface area contributed by atoms with Crippen LogP contribution in [0.3, 0.4) is 0 Å². The van der Waals surface area contributed by atoms with Crippen molar-refractivity contribution in [3.05, 3.63) is 59.2 Å². The van der Waals surface area contributed by atoms with Crippen molar-refractivity contribution in [1.29, 1.82) is 5.41 Å². The molecule has 0 saturated carbocycles. The average molecular weight is 535 g/mol. The third kappa shape index (κ3) is 6.27. The molecule has 0 unspecified atom stereocenters. The maximum atomic E-state index is 12.7. The van der Waals surface area contributed by atoms with Crippen LogP contribution < -0.4 is 14.2 Å². The fourth-order valence-corrected chi connectivity index (χ4v) is 4.74. The number of hydrogen-bond donors (Lipinski definition) is 1. The van der Waals surface area contributed by atoms with Crippen LogP contribution in [0.5, 0.6) is 17.2 Å². The lowest BCUT2D eigenvalue weighted by molar-refractivity contribution is -0.114. The molecule has 0 fully saturated rings. The van der Waals surface area contributed by atoms with Crippen molar-refractivity contribution < 1.29 is 19.0 Å². The van der Waals surface area contributed by atoms with Gasteiger partial charge < -0.3 is 14.2 Å². The number of amides is 1. The van der Waals surface area contributed by atoms with Crippen LogP contribution in [0.25, 0.3) is 6.08 Å². The molecule has 0 bridgehead atoms. The Morgan fingerprint density at radius 2 is 1.74 bits per heavy atom. The first-order valence-corrected chi connectivity index (χ1v) is 13.7. The van der Waals surface area contributed by atoms with Crippen molar-refractivity contribution in [3.63, 3.8) is 0 Å². The molecule has 0 aliphatic carbocycles. The van der Waals surface area contributed by atoms with Crippen molar-refractivity contribution in [2.75, 3.05) is 19.8 Å². The van der Waals surface area contributed by atoms with Gasteiger partial charge in [0.25, 0.3) is 5.91 Å². The molecule has 200 valence electrons. The number of benzene rings is 2. The minimum Gasteiger partial charge on any atom is -0.490 e. The van der Waals surface area contributed by atoms with Gasteiger partial charge in [0.1, 0.15) is 24.0 Å². The average Bonchev–Trinajstić information content (AvgIpc) is 3.34. The molecule has 0 spiro atoms. The van der Waals surface area contributed by atoms with Gasteiger partial charge in [-0.05, 0) is 72.5 Å². The predicted octanol–water partition coefficient (Wildman–Crippen LogP) is 6.33. The molecule has 9 heteroatoms. The van der Waals surface area contributed by atoms with Crippen molar-refractivity contribution >= 4 is 39.8 Å². The monoisotopic (exact) mass is 534 g/mol. The van der Waals surface area contributed by atoms with E-state index in [9.17, 15) is 4.79 Å². The number of amidine groups is 2. The van der Waals surface area contributed by atoms with Crippen LogP contribution in [0.2, 0.25) is 0 Å². The molecular weight excluding hydrogens is 500 g/mol. The molecule has 0 saturated heterocycles. The number of nitrogens with zero attached hydrogens (tertiary/aromatic N) is 3. The van der Waals surface area contributed by atoms with Gasteiger partial charge >= 0.3 is 0 Å². The first-order valence-electron chi connectivity index (χ1n) is 12.9. The number of hydrogen-bond acceptors (Lipinski definition) is 7. The third-order valence-electron chi connectivity index (χ3n) is 6.21. The van der Waals surface area contributed by atoms with Crippen molar-refractivity contribution in [2.45, 2.75) is 47.0 Å². The largest absolute Gasteiger partial charge is 0.490 e. The summed E-state index contributed by atoms with van der Waals surface area (Å²) < 4.78 is 17.6. The molecule has 8 nitrogen and oxygen atoms in total. The fraction of sp³-hybridized carbons (Fsp3) is 0.379. The number of carbonyl (C=O) groups is 1. The lowest BCUT2D eigenvalue weighted by atomic mass is 9.99. The predicted molar refractivity (Wildman–Crippen MR) is 154 cm³/mol. The van der Waals surface area contributed by atoms with E-state index < -0.39 is 5.91 Å². The first-order chi connectivity index (χ1) is 18.3. The summed E-state index contributed by atoms with van der Waals surface area (Å²) in [5.74, 6) is 2.20. The highest BCUT2D eigenvalue weighted by atomic mass is 32.2. The van der Waals surface area contributed by atoms with E-state index in [0.717, 1.165) is 17.2 Å². The smallest absolute Gasteiger partial charge is 0.283 e. The summed E-state index contributed by atoms with van der Waals surface area (Å²) in [6, 6.07) is 13.6. The maximum Gasteiger partial charge on any atom is 0.283 e. The molecule has 1 amide bonds. The maximum absolute atomic E-state index is 12.7. The van der Waals surface area contributed by atoms with E-state index in [4.69, 9.17) is 19.6 Å². The molecule has 4 rings (SSSR count). The number of rotatable bonds is 11. The van der Waals surface area contributed by atoms with Crippen LogP contribution in [0.1, 0.15) is 58.1 Å². The lowest BCUT2D eigenvalue weighted by Gasteiger charge is -2.20. The number of hydrazone groups is 1. The van der Waals surface area contributed by atoms with Gasteiger partial charge in [0.2, 0.25) is 5.17 Å². The van der Waals surface area contributed by atoms with E-state index in [1.54, 1.807) is 18.2 Å². The first kappa shape index (κ1) is 27.4. The Labute approximate surface area is 228 Å². The molecule has 1 N–H and O–H groups in total. The number of carbonyl (C=O) groups excluding carboxylic acids is 1. The lowest BCUT2D eigenvalue weighted by Crippen LogP contribution is -2.35. The van der Waals surface area contributed by atoms with E-state index in [1.165, 1.54) is 22.3 Å². The molecule has 1 atom stereocenters. The SMILES string of the molecule is CCOc1cc(/C=C2\C(=N)N3N=C(C(C)C)SC3=NC2=O)ccc1OCCOc1ccc([C@@H](C)CC)cc1. The van der Waals surface area contributed by atoms with Crippen LogP contribution in [0.4, 0.5) is 0 Å². The van der Waals surface area contributed by atoms with Crippen LogP contribution in [-0.2, 0) is 4.79 Å². The Bertz CT molecular complexity index is 1280. The van der Waals surface area contributed by atoms with E-state index in [2.05, 4.69) is 36.1 Å². The minimum atomic E-state index is -0.457. The van der Waals surface area contributed by atoms with Crippen LogP contribution in [-0.4, -0.2) is 46.8 Å². The summed E-state index contributed by atoms with van der Waals surface area (Å²) >= 11 is 1.33. The molecule has 0 radical (unpaired) electrons. The third-order valence-corrected chi connectivity index (χ3v) is 7.42. The zero-order valence-corrected chi connectivity index (χ0v) is 23.3. The van der Waals surface area contributed by atoms with E-state index in [1.807, 2.05) is 39.0 Å². The van der Waals surface area contributed by atoms with E-state index in [-0.39, 0.29) is 17.3 Å². The number of ether oxygens (including phenoxy) is 3. The molecule has 38 heavy (non-hydrogen) atoms.